The average molecular weight is 576 g/mol. The van der Waals surface area contributed by atoms with E-state index in [0.717, 1.165) is 42.2 Å². The number of hydrogen-bond acceptors (Lipinski definition) is 4. The second-order valence-corrected chi connectivity index (χ2v) is 14.1. The summed E-state index contributed by atoms with van der Waals surface area (Å²) < 4.78 is 73.0. The number of halogens is 5. The van der Waals surface area contributed by atoms with Crippen LogP contribution in [0, 0.1) is 5.41 Å². The van der Waals surface area contributed by atoms with E-state index in [0.29, 0.717) is 67.9 Å². The first-order valence-corrected chi connectivity index (χ1v) is 15.4. The Morgan fingerprint density at radius 1 is 1.23 bits per heavy atom. The van der Waals surface area contributed by atoms with Gasteiger partial charge in [0.15, 0.2) is 0 Å². The Labute approximate surface area is 227 Å². The van der Waals surface area contributed by atoms with E-state index in [1.54, 1.807) is 0 Å². The Balaban J connectivity index is 1.85. The first-order chi connectivity index (χ1) is 18.0. The zero-order valence-electron chi connectivity index (χ0n) is 22.4. The molecule has 1 saturated heterocycles. The first kappa shape index (κ1) is 30.0. The summed E-state index contributed by atoms with van der Waals surface area (Å²) >= 11 is 0. The number of allylic oxidation sites excluding steroid dienone is 5. The topological polar surface area (TPSA) is 62.6 Å². The molecule has 10 heteroatoms. The van der Waals surface area contributed by atoms with Crippen molar-refractivity contribution in [2.24, 2.45) is 5.41 Å². The van der Waals surface area contributed by atoms with Crippen molar-refractivity contribution < 1.29 is 34.4 Å². The molecule has 4 rings (SSSR count). The summed E-state index contributed by atoms with van der Waals surface area (Å²) in [7, 11) is -9.94. The lowest BCUT2D eigenvalue weighted by atomic mass is 9.71. The van der Waals surface area contributed by atoms with Crippen molar-refractivity contribution in [1.29, 1.82) is 0 Å². The Hall–Kier alpha value is -2.01. The van der Waals surface area contributed by atoms with Crippen molar-refractivity contribution >= 4 is 15.8 Å². The maximum Gasteiger partial charge on any atom is 0.310 e. The summed E-state index contributed by atoms with van der Waals surface area (Å²) in [5, 5.41) is 22.8. The molecule has 1 aromatic rings. The predicted molar refractivity (Wildman–Crippen MR) is 146 cm³/mol. The Morgan fingerprint density at radius 3 is 2.51 bits per heavy atom. The molecule has 0 spiro atoms. The van der Waals surface area contributed by atoms with Crippen molar-refractivity contribution in [3.63, 3.8) is 0 Å². The molecule has 2 heterocycles. The fourth-order valence-electron chi connectivity index (χ4n) is 6.05. The van der Waals surface area contributed by atoms with Gasteiger partial charge in [0.05, 0.1) is 17.9 Å². The van der Waals surface area contributed by atoms with E-state index in [-0.39, 0.29) is 23.8 Å². The number of pyridine rings is 1. The minimum absolute atomic E-state index is 0.0402. The number of hydrogen-bond donors (Lipinski definition) is 2. The van der Waals surface area contributed by atoms with E-state index in [2.05, 4.69) is 26.5 Å². The average Bonchev–Trinajstić information content (AvgIpc) is 3.35. The summed E-state index contributed by atoms with van der Waals surface area (Å²) in [5.41, 5.74) is 4.15. The van der Waals surface area contributed by atoms with E-state index >= 15 is 0 Å². The summed E-state index contributed by atoms with van der Waals surface area (Å²) in [5.74, 6) is -0.0402. The normalized spacial score (nSPS) is 25.1. The molecule has 3 aliphatic rings. The molecule has 0 radical (unpaired) electrons. The molecule has 1 fully saturated rings. The molecule has 2 atom stereocenters. The summed E-state index contributed by atoms with van der Waals surface area (Å²) in [6, 6.07) is 0. The second kappa shape index (κ2) is 10.1. The van der Waals surface area contributed by atoms with E-state index in [1.807, 2.05) is 0 Å². The largest absolute Gasteiger partial charge is 0.388 e. The van der Waals surface area contributed by atoms with Crippen molar-refractivity contribution in [3.05, 3.63) is 69.9 Å². The molecule has 2 N–H and O–H groups in total. The maximum absolute atomic E-state index is 13.5. The highest BCUT2D eigenvalue weighted by Gasteiger charge is 2.66. The fraction of sp³-hybridized carbons (Fsp3) is 0.552. The molecule has 1 aromatic heterocycles. The number of fused-ring (bicyclic) bond motifs is 1. The molecule has 2 aliphatic carbocycles. The molecule has 4 nitrogen and oxygen atoms in total. The van der Waals surface area contributed by atoms with Gasteiger partial charge in [0.1, 0.15) is 4.91 Å². The van der Waals surface area contributed by atoms with Gasteiger partial charge in [-0.2, -0.15) is 0 Å². The van der Waals surface area contributed by atoms with Crippen LogP contribution in [0.1, 0.15) is 105 Å². The smallest absolute Gasteiger partial charge is 0.310 e. The minimum atomic E-state index is -9.94. The number of ether oxygens (including phenoxy) is 1. The van der Waals surface area contributed by atoms with Crippen LogP contribution in [-0.2, 0) is 11.2 Å². The van der Waals surface area contributed by atoms with Gasteiger partial charge in [-0.05, 0) is 80.1 Å². The summed E-state index contributed by atoms with van der Waals surface area (Å²) in [6.07, 6.45) is 6.77. The lowest BCUT2D eigenvalue weighted by molar-refractivity contribution is 0.0818. The Bertz CT molecular complexity index is 1210. The third-order valence-corrected chi connectivity index (χ3v) is 8.94. The lowest BCUT2D eigenvalue weighted by Crippen LogP contribution is -2.30. The number of nitrogens with zero attached hydrogens (tertiary/aromatic N) is 1. The first-order valence-electron chi connectivity index (χ1n) is 13.4. The fourth-order valence-corrected chi connectivity index (χ4v) is 6.76. The summed E-state index contributed by atoms with van der Waals surface area (Å²) in [4.78, 5) is 2.96. The molecule has 2 unspecified atom stereocenters. The van der Waals surface area contributed by atoms with Gasteiger partial charge in [-0.25, -0.2) is 0 Å². The molecule has 0 amide bonds. The van der Waals surface area contributed by atoms with Crippen LogP contribution in [0.2, 0.25) is 0 Å². The van der Waals surface area contributed by atoms with Gasteiger partial charge < -0.3 is 14.9 Å². The van der Waals surface area contributed by atoms with Gasteiger partial charge in [-0.1, -0.05) is 58.1 Å². The molecule has 218 valence electrons. The molecule has 0 bridgehead atoms. The highest BCUT2D eigenvalue weighted by atomic mass is 32.5. The number of aliphatic hydroxyl groups excluding tert-OH is 2. The minimum Gasteiger partial charge on any atom is -0.388 e. The third-order valence-electron chi connectivity index (χ3n) is 7.78. The van der Waals surface area contributed by atoms with Crippen molar-refractivity contribution in [2.45, 2.75) is 83.3 Å². The molecule has 0 saturated carbocycles. The predicted octanol–water partition coefficient (Wildman–Crippen LogP) is 8.90. The highest BCUT2D eigenvalue weighted by Crippen LogP contribution is 3.02. The van der Waals surface area contributed by atoms with E-state index in [4.69, 9.17) is 9.72 Å². The lowest BCUT2D eigenvalue weighted by Gasteiger charge is -2.41. The zero-order valence-corrected chi connectivity index (χ0v) is 23.3. The molecular weight excluding hydrogens is 537 g/mol. The van der Waals surface area contributed by atoms with Crippen LogP contribution < -0.4 is 0 Å². The van der Waals surface area contributed by atoms with Crippen LogP contribution in [0.15, 0.2) is 41.9 Å². The SMILES string of the molecule is C=C/C=C(\C=C/CC(O)c1c(C2CCOCC2)nc2c(c1C1=CCCC1)C(O)CC(C)(C)C2)S(F)(F)(F)(F)F. The van der Waals surface area contributed by atoms with Gasteiger partial charge >= 0.3 is 10.2 Å². The quantitative estimate of drug-likeness (QED) is 0.240. The zero-order chi connectivity index (χ0) is 28.7. The Kier molecular flexibility index (Phi) is 7.77. The van der Waals surface area contributed by atoms with E-state index in [9.17, 15) is 29.6 Å². The van der Waals surface area contributed by atoms with E-state index < -0.39 is 27.3 Å². The van der Waals surface area contributed by atoms with Gasteiger partial charge in [0.25, 0.3) is 0 Å². The summed E-state index contributed by atoms with van der Waals surface area (Å²) in [6.45, 7) is 8.31. The molecular formula is C29H38F5NO3S. The van der Waals surface area contributed by atoms with Crippen LogP contribution in [0.5, 0.6) is 0 Å². The monoisotopic (exact) mass is 575 g/mol. The van der Waals surface area contributed by atoms with E-state index in [1.165, 1.54) is 0 Å². The van der Waals surface area contributed by atoms with Crippen LogP contribution in [0.4, 0.5) is 19.4 Å². The number of aliphatic hydroxyl groups is 2. The Morgan fingerprint density at radius 2 is 1.92 bits per heavy atom. The van der Waals surface area contributed by atoms with Crippen LogP contribution in [0.25, 0.3) is 5.57 Å². The highest BCUT2D eigenvalue weighted by molar-refractivity contribution is 8.48. The van der Waals surface area contributed by atoms with Crippen LogP contribution in [-0.4, -0.2) is 28.4 Å². The molecule has 1 aliphatic heterocycles. The van der Waals surface area contributed by atoms with Gasteiger partial charge in [-0.15, -0.1) is 0 Å². The van der Waals surface area contributed by atoms with Crippen molar-refractivity contribution in [2.75, 3.05) is 13.2 Å². The van der Waals surface area contributed by atoms with Crippen molar-refractivity contribution in [1.82, 2.24) is 4.98 Å². The van der Waals surface area contributed by atoms with Gasteiger partial charge in [0.2, 0.25) is 0 Å². The number of aromatic nitrogens is 1. The second-order valence-electron chi connectivity index (χ2n) is 11.6. The molecule has 39 heavy (non-hydrogen) atoms. The van der Waals surface area contributed by atoms with Crippen LogP contribution in [0.3, 0.4) is 0 Å². The standard InChI is InChI=1S/C29H38F5NO3S/c1-4-8-21(39(30,31,32,33)34)11-7-12-23(36)27-25(19-9-5-6-10-19)26-22(17-29(2,3)18-24(26)37)35-28(27)20-13-15-38-16-14-20/h4,7-9,11,20,23-24,36-37H,1,5-6,10,12-18H2,2-3H3/b11-7-,21-8+. The number of rotatable bonds is 8. The maximum atomic E-state index is 13.5. The molecule has 0 aromatic carbocycles. The van der Waals surface area contributed by atoms with Crippen molar-refractivity contribution in [3.8, 4) is 0 Å². The van der Waals surface area contributed by atoms with Gasteiger partial charge in [-0.3, -0.25) is 4.98 Å². The third kappa shape index (κ3) is 6.84. The van der Waals surface area contributed by atoms with Crippen LogP contribution >= 0.6 is 10.2 Å². The van der Waals surface area contributed by atoms with Gasteiger partial charge in [0, 0.05) is 36.0 Å².